The highest BCUT2D eigenvalue weighted by atomic mass is 16.8. The molecule has 5 saturated carbocycles. The van der Waals surface area contributed by atoms with Crippen LogP contribution in [0, 0.1) is 74.4 Å². The highest BCUT2D eigenvalue weighted by Gasteiger charge is 2.72. The van der Waals surface area contributed by atoms with E-state index in [1.807, 2.05) is 13.8 Å². The van der Waals surface area contributed by atoms with Gasteiger partial charge < -0.3 is 33.2 Å². The molecular weight excluding hydrogens is 785 g/mol. The van der Waals surface area contributed by atoms with Crippen LogP contribution in [0.1, 0.15) is 161 Å². The molecule has 0 radical (unpaired) electrons. The fraction of sp³-hybridized carbons (Fsp3) is 0.865. The molecule has 20 atom stereocenters. The molecule has 2 heterocycles. The van der Waals surface area contributed by atoms with Gasteiger partial charge in [-0.1, -0.05) is 74.1 Å². The predicted molar refractivity (Wildman–Crippen MR) is 237 cm³/mol. The summed E-state index contributed by atoms with van der Waals surface area (Å²) in [6, 6.07) is 0. The standard InChI is InChI=1S/C52H82O10/c1-16-48(12)39-20-23-51(15)40(18-17-38-42-37(28(2)3)19-24-52(42,26-25-50(38,51)14)33(8)58-34(9)53)49(39,13)22-21-41(48)61-46-44(30(5)29(4)27-56-46)62-47-45(60-36(11)55)43(59-35(10)54)31(6)32(7)57-47/h29-32,37-47H,2,8,16-27H2,1,3-7,9-15H3/t29-,30-,31-,32-,37-,38?,39-,40?,41-,42?,43+,44+,45+,46-,47?,48-,49-,50+,51+,52+/m0/s1. The van der Waals surface area contributed by atoms with Crippen molar-refractivity contribution in [1.29, 1.82) is 0 Å². The van der Waals surface area contributed by atoms with E-state index in [-0.39, 0.29) is 63.0 Å². The largest absolute Gasteiger partial charge is 0.458 e. The zero-order chi connectivity index (χ0) is 45.5. The van der Waals surface area contributed by atoms with Gasteiger partial charge in [-0.2, -0.15) is 0 Å². The van der Waals surface area contributed by atoms with Gasteiger partial charge in [0.05, 0.1) is 18.8 Å². The van der Waals surface area contributed by atoms with Gasteiger partial charge >= 0.3 is 17.9 Å². The number of ether oxygens (including phenoxy) is 7. The summed E-state index contributed by atoms with van der Waals surface area (Å²) in [5, 5.41) is 0. The lowest BCUT2D eigenvalue weighted by atomic mass is 9.32. The summed E-state index contributed by atoms with van der Waals surface area (Å²) in [6.45, 7) is 37.0. The van der Waals surface area contributed by atoms with Gasteiger partial charge in [0.2, 0.25) is 0 Å². The second kappa shape index (κ2) is 17.2. The molecule has 0 aromatic carbocycles. The monoisotopic (exact) mass is 867 g/mol. The molecule has 62 heavy (non-hydrogen) atoms. The summed E-state index contributed by atoms with van der Waals surface area (Å²) in [4.78, 5) is 37.1. The highest BCUT2D eigenvalue weighted by Crippen LogP contribution is 2.78. The first-order chi connectivity index (χ1) is 29.0. The minimum atomic E-state index is -0.971. The van der Waals surface area contributed by atoms with Crippen molar-refractivity contribution in [2.24, 2.45) is 74.4 Å². The summed E-state index contributed by atoms with van der Waals surface area (Å²) in [7, 11) is 0. The zero-order valence-corrected chi connectivity index (χ0v) is 40.6. The first kappa shape index (κ1) is 47.7. The van der Waals surface area contributed by atoms with Crippen LogP contribution in [0.5, 0.6) is 0 Å². The van der Waals surface area contributed by atoms with Gasteiger partial charge in [-0.25, -0.2) is 0 Å². The number of fused-ring (bicyclic) bond motifs is 7. The Bertz CT molecular complexity index is 1740. The smallest absolute Gasteiger partial charge is 0.307 e. The maximum Gasteiger partial charge on any atom is 0.307 e. The van der Waals surface area contributed by atoms with Gasteiger partial charge in [-0.05, 0) is 148 Å². The van der Waals surface area contributed by atoms with Crippen LogP contribution in [0.15, 0.2) is 24.5 Å². The minimum absolute atomic E-state index is 0.0414. The van der Waals surface area contributed by atoms with Crippen molar-refractivity contribution in [3.8, 4) is 0 Å². The maximum atomic E-state index is 12.5. The molecule has 7 rings (SSSR count). The van der Waals surface area contributed by atoms with Crippen LogP contribution in [-0.4, -0.2) is 67.6 Å². The molecule has 4 unspecified atom stereocenters. The van der Waals surface area contributed by atoms with E-state index in [1.54, 1.807) is 0 Å². The van der Waals surface area contributed by atoms with Gasteiger partial charge in [0, 0.05) is 32.1 Å². The van der Waals surface area contributed by atoms with E-state index < -0.39 is 42.8 Å². The Morgan fingerprint density at radius 3 is 1.98 bits per heavy atom. The second-order valence-corrected chi connectivity index (χ2v) is 22.7. The second-order valence-electron chi connectivity index (χ2n) is 22.7. The van der Waals surface area contributed by atoms with Crippen LogP contribution in [0.4, 0.5) is 0 Å². The van der Waals surface area contributed by atoms with Crippen LogP contribution in [0.3, 0.4) is 0 Å². The molecule has 2 aliphatic heterocycles. The molecule has 0 spiro atoms. The SMILES string of the molecule is C=C(C)[C@@H]1CC[C@]2(C(=C)OC(C)=O)CC[C@]3(C)C(CCC4[C@@]5(C)CC[C@H](O[C@@H]6OC[C@H](C)[C@H](C)[C@H]6OC6O[C@@H](C)[C@H](C)[C@@H](OC(C)=O)[C@H]6OC(C)=O)[C@@](C)(CC)[C@@H]5CC[C@]43C)C12. The highest BCUT2D eigenvalue weighted by molar-refractivity contribution is 5.68. The lowest BCUT2D eigenvalue weighted by Gasteiger charge is -2.73. The van der Waals surface area contributed by atoms with Crippen molar-refractivity contribution < 1.29 is 47.5 Å². The van der Waals surface area contributed by atoms with Crippen molar-refractivity contribution in [2.75, 3.05) is 6.61 Å². The molecule has 5 aliphatic carbocycles. The average molecular weight is 867 g/mol. The van der Waals surface area contributed by atoms with E-state index in [4.69, 9.17) is 33.2 Å². The average Bonchev–Trinajstić information content (AvgIpc) is 3.60. The fourth-order valence-electron chi connectivity index (χ4n) is 16.0. The van der Waals surface area contributed by atoms with Crippen LogP contribution < -0.4 is 0 Å². The molecule has 350 valence electrons. The Balaban J connectivity index is 1.14. The molecule has 0 aromatic rings. The van der Waals surface area contributed by atoms with Crippen molar-refractivity contribution in [3.05, 3.63) is 24.5 Å². The third-order valence-electron chi connectivity index (χ3n) is 20.0. The van der Waals surface area contributed by atoms with E-state index in [1.165, 1.54) is 45.6 Å². The summed E-state index contributed by atoms with van der Waals surface area (Å²) in [6.07, 6.45) is 7.86. The minimum Gasteiger partial charge on any atom is -0.458 e. The Morgan fingerprint density at radius 1 is 0.677 bits per heavy atom. The first-order valence-electron chi connectivity index (χ1n) is 24.4. The van der Waals surface area contributed by atoms with E-state index in [9.17, 15) is 14.4 Å². The summed E-state index contributed by atoms with van der Waals surface area (Å²) >= 11 is 0. The number of hydrogen-bond donors (Lipinski definition) is 0. The Kier molecular flexibility index (Phi) is 13.2. The van der Waals surface area contributed by atoms with Crippen LogP contribution in [0.2, 0.25) is 0 Å². The molecule has 7 aliphatic rings. The molecule has 0 N–H and O–H groups in total. The third-order valence-corrected chi connectivity index (χ3v) is 20.0. The molecular formula is C52H82O10. The zero-order valence-electron chi connectivity index (χ0n) is 40.6. The van der Waals surface area contributed by atoms with E-state index in [2.05, 4.69) is 68.5 Å². The normalized spacial score (nSPS) is 49.9. The van der Waals surface area contributed by atoms with Crippen LogP contribution in [0.25, 0.3) is 0 Å². The molecule has 2 saturated heterocycles. The van der Waals surface area contributed by atoms with Crippen molar-refractivity contribution in [3.63, 3.8) is 0 Å². The third kappa shape index (κ3) is 7.56. The number of allylic oxidation sites excluding steroid dienone is 2. The Hall–Kier alpha value is -2.27. The molecule has 10 nitrogen and oxygen atoms in total. The van der Waals surface area contributed by atoms with E-state index >= 15 is 0 Å². The van der Waals surface area contributed by atoms with Crippen molar-refractivity contribution in [2.45, 2.75) is 204 Å². The lowest BCUT2D eigenvalue weighted by Crippen LogP contribution is -2.67. The summed E-state index contributed by atoms with van der Waals surface area (Å²) in [5.41, 5.74) is 1.43. The fourth-order valence-corrected chi connectivity index (χ4v) is 16.0. The number of hydrogen-bond acceptors (Lipinski definition) is 10. The number of carbonyl (C=O) groups is 3. The van der Waals surface area contributed by atoms with E-state index in [0.717, 1.165) is 51.4 Å². The molecule has 10 heteroatoms. The lowest BCUT2D eigenvalue weighted by molar-refractivity contribution is -0.353. The Morgan fingerprint density at radius 2 is 1.35 bits per heavy atom. The molecule has 0 amide bonds. The number of esters is 3. The van der Waals surface area contributed by atoms with Gasteiger partial charge in [0.1, 0.15) is 18.0 Å². The predicted octanol–water partition coefficient (Wildman–Crippen LogP) is 10.8. The van der Waals surface area contributed by atoms with Crippen LogP contribution >= 0.6 is 0 Å². The Labute approximate surface area is 373 Å². The molecule has 0 bridgehead atoms. The first-order valence-corrected chi connectivity index (χ1v) is 24.4. The molecule has 7 fully saturated rings. The van der Waals surface area contributed by atoms with Gasteiger partial charge in [0.15, 0.2) is 18.7 Å². The van der Waals surface area contributed by atoms with Crippen molar-refractivity contribution >= 4 is 17.9 Å². The summed E-state index contributed by atoms with van der Waals surface area (Å²) < 4.78 is 44.8. The maximum absolute atomic E-state index is 12.5. The van der Waals surface area contributed by atoms with Gasteiger partial charge in [0.25, 0.3) is 0 Å². The van der Waals surface area contributed by atoms with Gasteiger partial charge in [-0.15, -0.1) is 0 Å². The van der Waals surface area contributed by atoms with Crippen molar-refractivity contribution in [1.82, 2.24) is 0 Å². The van der Waals surface area contributed by atoms with Crippen LogP contribution in [-0.2, 0) is 47.5 Å². The number of rotatable bonds is 10. The van der Waals surface area contributed by atoms with E-state index in [0.29, 0.717) is 42.0 Å². The quantitative estimate of drug-likeness (QED) is 0.0691. The topological polar surface area (TPSA) is 116 Å². The number of carbonyl (C=O) groups excluding carboxylic acids is 3. The summed E-state index contributed by atoms with van der Waals surface area (Å²) in [5.74, 6) is 1.88. The molecule has 0 aromatic heterocycles. The van der Waals surface area contributed by atoms with Gasteiger partial charge in [-0.3, -0.25) is 14.4 Å².